The molecule has 152 valence electrons. The average molecular weight is 375 g/mol. The van der Waals surface area contributed by atoms with E-state index < -0.39 is 0 Å². The maximum Gasteiger partial charge on any atom is 0.306 e. The Labute approximate surface area is 165 Å². The van der Waals surface area contributed by atoms with Crippen molar-refractivity contribution in [1.29, 1.82) is 0 Å². The highest BCUT2D eigenvalue weighted by atomic mass is 16.6. The zero-order valence-corrected chi connectivity index (χ0v) is 17.2. The Morgan fingerprint density at radius 2 is 1.85 bits per heavy atom. The first-order valence-electron chi connectivity index (χ1n) is 10.9. The first kappa shape index (κ1) is 21.9. The number of hydrogen-bond donors (Lipinski definition) is 1. The van der Waals surface area contributed by atoms with Gasteiger partial charge in [-0.15, -0.1) is 6.58 Å². The molecule has 0 saturated heterocycles. The van der Waals surface area contributed by atoms with E-state index in [4.69, 9.17) is 9.84 Å². The summed E-state index contributed by atoms with van der Waals surface area (Å²) in [6.07, 6.45) is 21.3. The Morgan fingerprint density at radius 1 is 1.19 bits per heavy atom. The summed E-state index contributed by atoms with van der Waals surface area (Å²) >= 11 is 0. The van der Waals surface area contributed by atoms with Gasteiger partial charge in [0.25, 0.3) is 0 Å². The number of fused-ring (bicyclic) bond motifs is 5. The topological polar surface area (TPSA) is 46.5 Å². The van der Waals surface area contributed by atoms with Gasteiger partial charge in [0.05, 0.1) is 0 Å². The molecule has 4 atom stereocenters. The third-order valence-corrected chi connectivity index (χ3v) is 6.36. The van der Waals surface area contributed by atoms with Crippen LogP contribution >= 0.6 is 0 Å². The molecule has 0 heterocycles. The molecule has 0 spiro atoms. The molecule has 2 fully saturated rings. The predicted molar refractivity (Wildman–Crippen MR) is 111 cm³/mol. The van der Waals surface area contributed by atoms with Crippen molar-refractivity contribution in [1.82, 2.24) is 0 Å². The quantitative estimate of drug-likeness (QED) is 0.514. The molecule has 4 unspecified atom stereocenters. The highest BCUT2D eigenvalue weighted by Crippen LogP contribution is 2.52. The third-order valence-electron chi connectivity index (χ3n) is 6.36. The Morgan fingerprint density at radius 3 is 2.44 bits per heavy atom. The van der Waals surface area contributed by atoms with Crippen molar-refractivity contribution in [3.8, 4) is 0 Å². The van der Waals surface area contributed by atoms with Crippen LogP contribution in [0.15, 0.2) is 37.0 Å². The molecule has 0 amide bonds. The van der Waals surface area contributed by atoms with E-state index >= 15 is 0 Å². The minimum atomic E-state index is -0.215. The highest BCUT2D eigenvalue weighted by Gasteiger charge is 2.44. The van der Waals surface area contributed by atoms with Crippen molar-refractivity contribution < 1.29 is 14.6 Å². The zero-order valence-electron chi connectivity index (χ0n) is 17.2. The van der Waals surface area contributed by atoms with Crippen LogP contribution in [-0.2, 0) is 9.53 Å². The van der Waals surface area contributed by atoms with Crippen LogP contribution in [0.5, 0.6) is 0 Å². The van der Waals surface area contributed by atoms with E-state index in [0.717, 1.165) is 42.9 Å². The van der Waals surface area contributed by atoms with Gasteiger partial charge < -0.3 is 9.84 Å². The number of carbonyl (C=O) groups is 1. The summed E-state index contributed by atoms with van der Waals surface area (Å²) < 4.78 is 5.56. The lowest BCUT2D eigenvalue weighted by molar-refractivity contribution is -0.162. The highest BCUT2D eigenvalue weighted by molar-refractivity contribution is 5.69. The molecule has 1 N–H and O–H groups in total. The Kier molecular flexibility index (Phi) is 8.82. The van der Waals surface area contributed by atoms with Gasteiger partial charge in [0, 0.05) is 19.4 Å². The van der Waals surface area contributed by atoms with Gasteiger partial charge in [0.2, 0.25) is 0 Å². The SMILES string of the molecule is C1=CC2C3C=CC(C3)C2C1.C=CCC1(OC(=O)CC)CCCCC1.CCO. The minimum absolute atomic E-state index is 0.0752. The van der Waals surface area contributed by atoms with Crippen molar-refractivity contribution in [2.24, 2.45) is 23.7 Å². The van der Waals surface area contributed by atoms with Crippen LogP contribution in [0.1, 0.15) is 71.6 Å². The number of aliphatic hydroxyl groups excluding tert-OH is 1. The van der Waals surface area contributed by atoms with Crippen LogP contribution in [0.25, 0.3) is 0 Å². The summed E-state index contributed by atoms with van der Waals surface area (Å²) in [5.74, 6) is 3.75. The van der Waals surface area contributed by atoms with Gasteiger partial charge in [0.1, 0.15) is 5.60 Å². The zero-order chi connectivity index (χ0) is 19.7. The van der Waals surface area contributed by atoms with Crippen LogP contribution in [0.2, 0.25) is 0 Å². The summed E-state index contributed by atoms with van der Waals surface area (Å²) in [4.78, 5) is 11.3. The van der Waals surface area contributed by atoms with Crippen molar-refractivity contribution in [2.45, 2.75) is 77.2 Å². The molecule has 2 bridgehead atoms. The van der Waals surface area contributed by atoms with Gasteiger partial charge in [-0.05, 0) is 69.1 Å². The standard InChI is InChI=1S/C12H20O2.C10H12.C2H6O/c1-3-8-12(14-11(13)4-2)9-6-5-7-10-12;1-2-9-7-4-5-8(6-7)10(9)3-1;1-2-3/h3H,1,4-10H2,2H3;1-2,4-5,7-10H,3,6H2;3H,2H2,1H3. The summed E-state index contributed by atoms with van der Waals surface area (Å²) in [6, 6.07) is 0. The molecule has 2 saturated carbocycles. The average Bonchev–Trinajstić information content (AvgIpc) is 3.38. The number of carbonyl (C=O) groups excluding carboxylic acids is 1. The van der Waals surface area contributed by atoms with Crippen LogP contribution < -0.4 is 0 Å². The lowest BCUT2D eigenvalue weighted by atomic mass is 9.82. The van der Waals surface area contributed by atoms with E-state index in [1.54, 1.807) is 6.92 Å². The van der Waals surface area contributed by atoms with Gasteiger partial charge in [0.15, 0.2) is 0 Å². The minimum Gasteiger partial charge on any atom is -0.459 e. The molecule has 4 aliphatic rings. The number of aliphatic hydroxyl groups is 1. The van der Waals surface area contributed by atoms with Crippen LogP contribution in [0, 0.1) is 23.7 Å². The molecule has 0 aromatic carbocycles. The van der Waals surface area contributed by atoms with E-state index in [-0.39, 0.29) is 18.2 Å². The normalized spacial score (nSPS) is 31.2. The molecular formula is C24H38O3. The number of rotatable bonds is 4. The van der Waals surface area contributed by atoms with Gasteiger partial charge in [-0.3, -0.25) is 4.79 Å². The number of ether oxygens (including phenoxy) is 1. The molecule has 4 rings (SSSR count). The molecule has 0 aromatic rings. The van der Waals surface area contributed by atoms with Gasteiger partial charge in [-0.1, -0.05) is 43.7 Å². The summed E-state index contributed by atoms with van der Waals surface area (Å²) in [5, 5.41) is 7.57. The van der Waals surface area contributed by atoms with Crippen LogP contribution in [-0.4, -0.2) is 23.3 Å². The van der Waals surface area contributed by atoms with E-state index in [0.29, 0.717) is 6.42 Å². The van der Waals surface area contributed by atoms with E-state index in [1.807, 2.05) is 13.0 Å². The van der Waals surface area contributed by atoms with E-state index in [1.165, 1.54) is 32.1 Å². The van der Waals surface area contributed by atoms with Crippen molar-refractivity contribution in [3.63, 3.8) is 0 Å². The second-order valence-corrected chi connectivity index (χ2v) is 8.23. The van der Waals surface area contributed by atoms with Gasteiger partial charge in [-0.25, -0.2) is 0 Å². The second-order valence-electron chi connectivity index (χ2n) is 8.23. The number of esters is 1. The monoisotopic (exact) mass is 374 g/mol. The Hall–Kier alpha value is -1.35. The fraction of sp³-hybridized carbons (Fsp3) is 0.708. The fourth-order valence-electron chi connectivity index (χ4n) is 5.09. The van der Waals surface area contributed by atoms with Crippen LogP contribution in [0.3, 0.4) is 0 Å². The summed E-state index contributed by atoms with van der Waals surface area (Å²) in [6.45, 7) is 7.51. The predicted octanol–water partition coefficient (Wildman–Crippen LogP) is 5.60. The molecule has 0 radical (unpaired) electrons. The maximum atomic E-state index is 11.3. The van der Waals surface area contributed by atoms with Crippen molar-refractivity contribution in [2.75, 3.05) is 6.61 Å². The van der Waals surface area contributed by atoms with Crippen molar-refractivity contribution in [3.05, 3.63) is 37.0 Å². The first-order chi connectivity index (χ1) is 13.1. The lowest BCUT2D eigenvalue weighted by Crippen LogP contribution is -2.36. The summed E-state index contributed by atoms with van der Waals surface area (Å²) in [5.41, 5.74) is -0.215. The Balaban J connectivity index is 0.000000174. The van der Waals surface area contributed by atoms with Gasteiger partial charge >= 0.3 is 5.97 Å². The smallest absolute Gasteiger partial charge is 0.306 e. The lowest BCUT2D eigenvalue weighted by Gasteiger charge is -2.36. The van der Waals surface area contributed by atoms with Crippen molar-refractivity contribution >= 4 is 5.97 Å². The number of allylic oxidation sites excluding steroid dienone is 4. The molecule has 0 aromatic heterocycles. The number of hydrogen-bond acceptors (Lipinski definition) is 3. The van der Waals surface area contributed by atoms with Gasteiger partial charge in [-0.2, -0.15) is 0 Å². The second kappa shape index (κ2) is 10.8. The molecule has 3 nitrogen and oxygen atoms in total. The Bertz CT molecular complexity index is 528. The molecule has 3 heteroatoms. The molecule has 0 aliphatic heterocycles. The molecular weight excluding hydrogens is 336 g/mol. The first-order valence-corrected chi connectivity index (χ1v) is 10.9. The van der Waals surface area contributed by atoms with Crippen LogP contribution in [0.4, 0.5) is 0 Å². The third kappa shape index (κ3) is 5.81. The maximum absolute atomic E-state index is 11.3. The van der Waals surface area contributed by atoms with E-state index in [2.05, 4.69) is 30.9 Å². The fourth-order valence-corrected chi connectivity index (χ4v) is 5.09. The largest absolute Gasteiger partial charge is 0.459 e. The molecule has 4 aliphatic carbocycles. The summed E-state index contributed by atoms with van der Waals surface area (Å²) in [7, 11) is 0. The van der Waals surface area contributed by atoms with E-state index in [9.17, 15) is 4.79 Å². The molecule has 27 heavy (non-hydrogen) atoms.